The number of halogens is 2. The summed E-state index contributed by atoms with van der Waals surface area (Å²) in [6, 6.07) is 34.1. The largest absolute Gasteiger partial charge is 0.489 e. The molecule has 5 rings (SSSR count). The standard InChI is InChI=1S/C39H36F2N2O3/c1-28(2)39(40,41)34-19-17-33(18-20-34)37-25-35(21-13-29-7-5-4-6-8-29)43(42-37)26-31-9-11-32(12-10-31)27-46-36-22-14-30(15-23-36)16-24-38(44)45-3/h4-15,17-23,25H,1,16,24,26-27H2,2-3H3/b21-13+. The molecule has 0 spiro atoms. The van der Waals surface area contributed by atoms with E-state index in [1.165, 1.54) is 26.2 Å². The van der Waals surface area contributed by atoms with Crippen LogP contribution in [0.15, 0.2) is 121 Å². The Morgan fingerprint density at radius 3 is 2.17 bits per heavy atom. The summed E-state index contributed by atoms with van der Waals surface area (Å²) >= 11 is 0. The van der Waals surface area contributed by atoms with Crippen LogP contribution >= 0.6 is 0 Å². The summed E-state index contributed by atoms with van der Waals surface area (Å²) in [6.07, 6.45) is 5.01. The summed E-state index contributed by atoms with van der Waals surface area (Å²) in [5.41, 5.74) is 6.22. The number of allylic oxidation sites excluding steroid dienone is 1. The summed E-state index contributed by atoms with van der Waals surface area (Å²) in [5, 5.41) is 4.86. The number of hydrogen-bond acceptors (Lipinski definition) is 4. The Hall–Kier alpha value is -5.30. The van der Waals surface area contributed by atoms with Gasteiger partial charge in [-0.1, -0.05) is 104 Å². The maximum Gasteiger partial charge on any atom is 0.305 e. The number of carbonyl (C=O) groups is 1. The van der Waals surface area contributed by atoms with Gasteiger partial charge in [-0.3, -0.25) is 9.48 Å². The molecule has 46 heavy (non-hydrogen) atoms. The van der Waals surface area contributed by atoms with E-state index in [0.717, 1.165) is 39.3 Å². The lowest BCUT2D eigenvalue weighted by Gasteiger charge is -2.16. The predicted octanol–water partition coefficient (Wildman–Crippen LogP) is 9.12. The van der Waals surface area contributed by atoms with Crippen molar-refractivity contribution in [2.24, 2.45) is 0 Å². The van der Waals surface area contributed by atoms with Crippen molar-refractivity contribution in [3.8, 4) is 17.0 Å². The highest BCUT2D eigenvalue weighted by molar-refractivity contribution is 5.71. The first kappa shape index (κ1) is 32.1. The molecule has 4 aromatic carbocycles. The average molecular weight is 619 g/mol. The van der Waals surface area contributed by atoms with E-state index >= 15 is 0 Å². The van der Waals surface area contributed by atoms with Gasteiger partial charge in [-0.05, 0) is 65.4 Å². The SMILES string of the molecule is C=C(C)C(F)(F)c1ccc(-c2cc(/C=C/c3ccccc3)n(Cc3ccc(COc4ccc(CCC(=O)OC)cc4)cc3)n2)cc1. The number of nitrogens with zero attached hydrogens (tertiary/aromatic N) is 2. The Morgan fingerprint density at radius 1 is 0.870 bits per heavy atom. The van der Waals surface area contributed by atoms with E-state index in [-0.39, 0.29) is 17.1 Å². The summed E-state index contributed by atoms with van der Waals surface area (Å²) in [7, 11) is 1.39. The van der Waals surface area contributed by atoms with E-state index in [1.807, 2.05) is 89.6 Å². The van der Waals surface area contributed by atoms with E-state index < -0.39 is 5.92 Å². The lowest BCUT2D eigenvalue weighted by Crippen LogP contribution is -2.13. The summed E-state index contributed by atoms with van der Waals surface area (Å²) < 4.78 is 41.5. The number of methoxy groups -OCH3 is 1. The molecule has 0 saturated heterocycles. The van der Waals surface area contributed by atoms with Gasteiger partial charge in [0.05, 0.1) is 25.0 Å². The zero-order valence-corrected chi connectivity index (χ0v) is 26.0. The van der Waals surface area contributed by atoms with Crippen LogP contribution in [-0.2, 0) is 35.0 Å². The van der Waals surface area contributed by atoms with E-state index in [9.17, 15) is 13.6 Å². The molecule has 0 amide bonds. The number of carbonyl (C=O) groups excluding carboxylic acids is 1. The van der Waals surface area contributed by atoms with Crippen molar-refractivity contribution in [1.29, 1.82) is 0 Å². The third-order valence-electron chi connectivity index (χ3n) is 7.67. The molecule has 1 aromatic heterocycles. The highest BCUT2D eigenvalue weighted by atomic mass is 19.3. The van der Waals surface area contributed by atoms with Gasteiger partial charge in [0.1, 0.15) is 12.4 Å². The average Bonchev–Trinajstić information content (AvgIpc) is 3.49. The Bertz CT molecular complexity index is 1790. The summed E-state index contributed by atoms with van der Waals surface area (Å²) in [5.74, 6) is -2.56. The molecule has 7 heteroatoms. The molecular formula is C39H36F2N2O3. The molecule has 234 valence electrons. The van der Waals surface area contributed by atoms with Gasteiger partial charge in [-0.25, -0.2) is 0 Å². The van der Waals surface area contributed by atoms with Crippen LogP contribution in [0, 0.1) is 0 Å². The van der Waals surface area contributed by atoms with Gasteiger partial charge in [-0.2, -0.15) is 13.9 Å². The van der Waals surface area contributed by atoms with Crippen molar-refractivity contribution in [2.45, 2.75) is 38.8 Å². The van der Waals surface area contributed by atoms with Crippen LogP contribution in [0.3, 0.4) is 0 Å². The van der Waals surface area contributed by atoms with Gasteiger partial charge in [-0.15, -0.1) is 0 Å². The lowest BCUT2D eigenvalue weighted by molar-refractivity contribution is -0.140. The smallest absolute Gasteiger partial charge is 0.305 e. The minimum absolute atomic E-state index is 0.0934. The minimum atomic E-state index is -3.09. The van der Waals surface area contributed by atoms with E-state index in [2.05, 4.69) is 18.7 Å². The first-order chi connectivity index (χ1) is 22.2. The molecule has 0 saturated carbocycles. The van der Waals surface area contributed by atoms with E-state index in [1.54, 1.807) is 12.1 Å². The Labute approximate surface area is 268 Å². The summed E-state index contributed by atoms with van der Waals surface area (Å²) in [6.45, 7) is 5.70. The van der Waals surface area contributed by atoms with Crippen LogP contribution in [0.25, 0.3) is 23.4 Å². The third-order valence-corrected chi connectivity index (χ3v) is 7.67. The highest BCUT2D eigenvalue weighted by Gasteiger charge is 2.32. The van der Waals surface area contributed by atoms with Crippen molar-refractivity contribution in [3.05, 3.63) is 155 Å². The first-order valence-corrected chi connectivity index (χ1v) is 15.0. The van der Waals surface area contributed by atoms with Gasteiger partial charge >= 0.3 is 5.97 Å². The van der Waals surface area contributed by atoms with Crippen molar-refractivity contribution in [1.82, 2.24) is 9.78 Å². The number of alkyl halides is 2. The fourth-order valence-corrected chi connectivity index (χ4v) is 4.86. The first-order valence-electron chi connectivity index (χ1n) is 15.0. The fourth-order valence-electron chi connectivity index (χ4n) is 4.86. The minimum Gasteiger partial charge on any atom is -0.489 e. The second-order valence-electron chi connectivity index (χ2n) is 11.1. The summed E-state index contributed by atoms with van der Waals surface area (Å²) in [4.78, 5) is 11.4. The lowest BCUT2D eigenvalue weighted by atomic mass is 10.0. The number of ether oxygens (including phenoxy) is 2. The van der Waals surface area contributed by atoms with Crippen LogP contribution in [-0.4, -0.2) is 22.9 Å². The number of rotatable bonds is 13. The molecule has 0 atom stereocenters. The molecule has 0 bridgehead atoms. The van der Waals surface area contributed by atoms with Crippen LogP contribution < -0.4 is 4.74 Å². The molecule has 1 heterocycles. The molecule has 5 aromatic rings. The predicted molar refractivity (Wildman–Crippen MR) is 178 cm³/mol. The van der Waals surface area contributed by atoms with Crippen LogP contribution in [0.1, 0.15) is 46.9 Å². The number of benzene rings is 4. The van der Waals surface area contributed by atoms with Gasteiger partial charge in [0.15, 0.2) is 0 Å². The molecule has 0 aliphatic carbocycles. The molecule has 0 radical (unpaired) electrons. The zero-order valence-electron chi connectivity index (χ0n) is 26.0. The van der Waals surface area contributed by atoms with Gasteiger partial charge < -0.3 is 9.47 Å². The molecule has 0 aliphatic heterocycles. The van der Waals surface area contributed by atoms with Gasteiger partial charge in [0.2, 0.25) is 0 Å². The zero-order chi connectivity index (χ0) is 32.5. The van der Waals surface area contributed by atoms with Crippen LogP contribution in [0.4, 0.5) is 8.78 Å². The van der Waals surface area contributed by atoms with Crippen molar-refractivity contribution < 1.29 is 23.0 Å². The quantitative estimate of drug-likeness (QED) is 0.0976. The number of aromatic nitrogens is 2. The van der Waals surface area contributed by atoms with Crippen LogP contribution in [0.5, 0.6) is 5.75 Å². The van der Waals surface area contributed by atoms with E-state index in [0.29, 0.717) is 31.7 Å². The number of aryl methyl sites for hydroxylation is 1. The number of esters is 1. The maximum absolute atomic E-state index is 14.5. The van der Waals surface area contributed by atoms with Crippen molar-refractivity contribution in [2.75, 3.05) is 7.11 Å². The Morgan fingerprint density at radius 2 is 1.52 bits per heavy atom. The van der Waals surface area contributed by atoms with Gasteiger partial charge in [0.25, 0.3) is 5.92 Å². The van der Waals surface area contributed by atoms with Crippen molar-refractivity contribution in [3.63, 3.8) is 0 Å². The second kappa shape index (κ2) is 14.7. The monoisotopic (exact) mass is 618 g/mol. The van der Waals surface area contributed by atoms with Gasteiger partial charge in [0, 0.05) is 17.5 Å². The molecule has 0 fully saturated rings. The molecule has 5 nitrogen and oxygen atoms in total. The number of hydrogen-bond donors (Lipinski definition) is 0. The molecular weight excluding hydrogens is 582 g/mol. The molecule has 0 unspecified atom stereocenters. The van der Waals surface area contributed by atoms with E-state index in [4.69, 9.17) is 14.6 Å². The normalized spacial score (nSPS) is 11.5. The molecule has 0 aliphatic rings. The topological polar surface area (TPSA) is 53.4 Å². The van der Waals surface area contributed by atoms with Crippen molar-refractivity contribution >= 4 is 18.1 Å². The van der Waals surface area contributed by atoms with Crippen LogP contribution in [0.2, 0.25) is 0 Å². The fraction of sp³-hybridized carbons (Fsp3) is 0.179. The molecule has 0 N–H and O–H groups in total. The highest BCUT2D eigenvalue weighted by Crippen LogP contribution is 2.35. The Kier molecular flexibility index (Phi) is 10.2. The Balaban J connectivity index is 1.29. The maximum atomic E-state index is 14.5. The second-order valence-corrected chi connectivity index (χ2v) is 11.1. The third kappa shape index (κ3) is 8.24.